The van der Waals surface area contributed by atoms with E-state index in [2.05, 4.69) is 20.5 Å². The molecule has 3 heterocycles. The number of thioether (sulfide) groups is 1. The molecule has 0 spiro atoms. The third-order valence-corrected chi connectivity index (χ3v) is 5.94. The van der Waals surface area contributed by atoms with Gasteiger partial charge in [-0.25, -0.2) is 4.90 Å². The number of hydrogen-bond acceptors (Lipinski definition) is 9. The van der Waals surface area contributed by atoms with Crippen molar-refractivity contribution in [1.82, 2.24) is 15.1 Å². The van der Waals surface area contributed by atoms with Gasteiger partial charge in [-0.1, -0.05) is 40.2 Å². The standard InChI is InChI=1S/C21H18N6O3S/c1-12-5-3-6-13(9-12)19-22-16(30-24-19)11-26-18-17(23-25-26)20(28)27(21(18)29)14-7-4-8-15(10-14)31-2/h3-10,17-18H,11H2,1-2H3/t17-,18+/m0/s1. The first kappa shape index (κ1) is 19.4. The summed E-state index contributed by atoms with van der Waals surface area (Å²) in [7, 11) is 0. The van der Waals surface area contributed by atoms with Gasteiger partial charge in [-0.05, 0) is 37.4 Å². The van der Waals surface area contributed by atoms with Gasteiger partial charge in [0.05, 0.1) is 5.69 Å². The fourth-order valence-corrected chi connectivity index (χ4v) is 4.17. The molecule has 0 N–H and O–H groups in total. The van der Waals surface area contributed by atoms with Crippen LogP contribution in [0.3, 0.4) is 0 Å². The predicted molar refractivity (Wildman–Crippen MR) is 113 cm³/mol. The molecule has 2 aliphatic rings. The van der Waals surface area contributed by atoms with Gasteiger partial charge in [0.15, 0.2) is 12.1 Å². The van der Waals surface area contributed by atoms with Crippen molar-refractivity contribution < 1.29 is 14.1 Å². The van der Waals surface area contributed by atoms with E-state index >= 15 is 0 Å². The van der Waals surface area contributed by atoms with Gasteiger partial charge in [-0.2, -0.15) is 10.1 Å². The topological polar surface area (TPSA) is 104 Å². The predicted octanol–water partition coefficient (Wildman–Crippen LogP) is 3.26. The van der Waals surface area contributed by atoms with Gasteiger partial charge >= 0.3 is 0 Å². The highest BCUT2D eigenvalue weighted by molar-refractivity contribution is 7.98. The molecule has 1 saturated heterocycles. The van der Waals surface area contributed by atoms with Gasteiger partial charge in [0.2, 0.25) is 11.7 Å². The number of imide groups is 1. The molecule has 0 aliphatic carbocycles. The number of aromatic nitrogens is 2. The summed E-state index contributed by atoms with van der Waals surface area (Å²) >= 11 is 1.54. The minimum absolute atomic E-state index is 0.0845. The van der Waals surface area contributed by atoms with Crippen LogP contribution in [0, 0.1) is 6.92 Å². The van der Waals surface area contributed by atoms with E-state index in [9.17, 15) is 9.59 Å². The smallest absolute Gasteiger partial charge is 0.263 e. The van der Waals surface area contributed by atoms with Crippen LogP contribution in [0.2, 0.25) is 0 Å². The summed E-state index contributed by atoms with van der Waals surface area (Å²) in [6, 6.07) is 13.4. The zero-order chi connectivity index (χ0) is 21.5. The number of fused-ring (bicyclic) bond motifs is 1. The molecule has 10 heteroatoms. The lowest BCUT2D eigenvalue weighted by Crippen LogP contribution is -2.39. The molecule has 0 unspecified atom stereocenters. The van der Waals surface area contributed by atoms with E-state index in [4.69, 9.17) is 4.52 Å². The van der Waals surface area contributed by atoms with Gasteiger partial charge in [0, 0.05) is 10.5 Å². The normalized spacial score (nSPS) is 20.1. The number of rotatable bonds is 5. The Balaban J connectivity index is 1.37. The number of benzene rings is 2. The van der Waals surface area contributed by atoms with E-state index in [0.29, 0.717) is 17.4 Å². The molecule has 0 saturated carbocycles. The zero-order valence-electron chi connectivity index (χ0n) is 16.8. The molecular weight excluding hydrogens is 416 g/mol. The molecule has 31 heavy (non-hydrogen) atoms. The monoisotopic (exact) mass is 434 g/mol. The number of anilines is 1. The van der Waals surface area contributed by atoms with Crippen LogP contribution in [-0.2, 0) is 16.1 Å². The third-order valence-electron chi connectivity index (χ3n) is 5.21. The first-order chi connectivity index (χ1) is 15.0. The van der Waals surface area contributed by atoms with E-state index in [-0.39, 0.29) is 18.4 Å². The van der Waals surface area contributed by atoms with E-state index in [1.165, 1.54) is 21.7 Å². The Labute approximate surface area is 182 Å². The zero-order valence-corrected chi connectivity index (χ0v) is 17.6. The fraction of sp³-hybridized carbons (Fsp3) is 0.238. The number of aryl methyl sites for hydroxylation is 1. The maximum Gasteiger partial charge on any atom is 0.263 e. The van der Waals surface area contributed by atoms with E-state index < -0.39 is 12.1 Å². The van der Waals surface area contributed by atoms with Gasteiger partial charge in [-0.15, -0.1) is 11.8 Å². The largest absolute Gasteiger partial charge is 0.337 e. The summed E-state index contributed by atoms with van der Waals surface area (Å²) in [5.74, 6) is -0.00272. The second kappa shape index (κ2) is 7.62. The second-order valence-corrected chi connectivity index (χ2v) is 8.17. The first-order valence-electron chi connectivity index (χ1n) is 9.64. The number of carbonyl (C=O) groups is 2. The molecule has 9 nitrogen and oxygen atoms in total. The van der Waals surface area contributed by atoms with Crippen molar-refractivity contribution in [3.63, 3.8) is 0 Å². The van der Waals surface area contributed by atoms with Crippen LogP contribution < -0.4 is 4.90 Å². The van der Waals surface area contributed by atoms with Crippen LogP contribution in [0.4, 0.5) is 5.69 Å². The lowest BCUT2D eigenvalue weighted by atomic mass is 10.1. The third kappa shape index (κ3) is 3.38. The lowest BCUT2D eigenvalue weighted by Gasteiger charge is -2.19. The maximum atomic E-state index is 13.1. The quantitative estimate of drug-likeness (QED) is 0.448. The Morgan fingerprint density at radius 1 is 1.10 bits per heavy atom. The number of carbonyl (C=O) groups excluding carboxylic acids is 2. The van der Waals surface area contributed by atoms with Crippen molar-refractivity contribution in [2.24, 2.45) is 10.3 Å². The van der Waals surface area contributed by atoms with Crippen LogP contribution in [0.5, 0.6) is 0 Å². The minimum atomic E-state index is -0.871. The van der Waals surface area contributed by atoms with E-state index in [1.807, 2.05) is 55.6 Å². The number of amides is 2. The van der Waals surface area contributed by atoms with Crippen LogP contribution in [0.15, 0.2) is 68.3 Å². The first-order valence-corrected chi connectivity index (χ1v) is 10.9. The summed E-state index contributed by atoms with van der Waals surface area (Å²) in [4.78, 5) is 32.6. The Morgan fingerprint density at radius 3 is 2.74 bits per heavy atom. The van der Waals surface area contributed by atoms with Crippen LogP contribution in [-0.4, -0.2) is 45.3 Å². The fourth-order valence-electron chi connectivity index (χ4n) is 3.72. The Morgan fingerprint density at radius 2 is 1.94 bits per heavy atom. The molecule has 1 fully saturated rings. The summed E-state index contributed by atoms with van der Waals surface area (Å²) < 4.78 is 5.36. The molecule has 2 aromatic carbocycles. The molecule has 0 bridgehead atoms. The Kier molecular flexibility index (Phi) is 4.78. The molecule has 2 atom stereocenters. The minimum Gasteiger partial charge on any atom is -0.337 e. The average molecular weight is 434 g/mol. The molecule has 2 aliphatic heterocycles. The van der Waals surface area contributed by atoms with E-state index in [1.54, 1.807) is 6.07 Å². The van der Waals surface area contributed by atoms with Crippen molar-refractivity contribution in [3.8, 4) is 11.4 Å². The van der Waals surface area contributed by atoms with Gasteiger partial charge < -0.3 is 4.52 Å². The van der Waals surface area contributed by atoms with Crippen molar-refractivity contribution in [2.75, 3.05) is 11.2 Å². The maximum absolute atomic E-state index is 13.1. The Hall–Kier alpha value is -3.53. The highest BCUT2D eigenvalue weighted by Gasteiger charge is 2.55. The van der Waals surface area contributed by atoms with Gasteiger partial charge in [0.25, 0.3) is 11.8 Å². The van der Waals surface area contributed by atoms with Crippen molar-refractivity contribution in [3.05, 3.63) is 60.0 Å². The molecule has 1 aromatic heterocycles. The summed E-state index contributed by atoms with van der Waals surface area (Å²) in [5.41, 5.74) is 2.45. The van der Waals surface area contributed by atoms with E-state index in [0.717, 1.165) is 16.0 Å². The molecule has 2 amide bonds. The summed E-state index contributed by atoms with van der Waals surface area (Å²) in [6.07, 6.45) is 1.94. The molecule has 156 valence electrons. The molecule has 5 rings (SSSR count). The van der Waals surface area contributed by atoms with Gasteiger partial charge in [0.1, 0.15) is 6.54 Å². The van der Waals surface area contributed by atoms with Crippen molar-refractivity contribution in [2.45, 2.75) is 30.4 Å². The highest BCUT2D eigenvalue weighted by atomic mass is 32.2. The Bertz CT molecular complexity index is 1210. The van der Waals surface area contributed by atoms with Crippen molar-refractivity contribution in [1.29, 1.82) is 0 Å². The summed E-state index contributed by atoms with van der Waals surface area (Å²) in [5, 5.41) is 13.5. The number of nitrogens with zero attached hydrogens (tertiary/aromatic N) is 6. The molecular formula is C21H18N6O3S. The SMILES string of the molecule is CSc1cccc(N2C(=O)[C@H]3N=NN(Cc4nc(-c5cccc(C)c5)no4)[C@H]3C2=O)c1. The molecule has 0 radical (unpaired) electrons. The van der Waals surface area contributed by atoms with Crippen LogP contribution in [0.1, 0.15) is 11.5 Å². The highest BCUT2D eigenvalue weighted by Crippen LogP contribution is 2.34. The van der Waals surface area contributed by atoms with Crippen LogP contribution in [0.25, 0.3) is 11.4 Å². The van der Waals surface area contributed by atoms with Gasteiger partial charge in [-0.3, -0.25) is 14.6 Å². The number of hydrogen-bond donors (Lipinski definition) is 0. The van der Waals surface area contributed by atoms with Crippen LogP contribution >= 0.6 is 11.8 Å². The average Bonchev–Trinajstić information content (AvgIpc) is 3.47. The van der Waals surface area contributed by atoms with Crippen molar-refractivity contribution >= 4 is 29.3 Å². The molecule has 3 aromatic rings. The second-order valence-electron chi connectivity index (χ2n) is 7.29. The lowest BCUT2D eigenvalue weighted by molar-refractivity contribution is -0.123. The summed E-state index contributed by atoms with van der Waals surface area (Å²) in [6.45, 7) is 2.07.